The molecule has 130 valence electrons. The molecule has 1 aliphatic rings. The molecule has 0 spiro atoms. The molecule has 0 amide bonds. The zero-order valence-electron chi connectivity index (χ0n) is 13.2. The number of hydrogen-bond acceptors (Lipinski definition) is 4. The number of nitrogens with zero attached hydrogens (tertiary/aromatic N) is 2. The van der Waals surface area contributed by atoms with E-state index in [1.165, 1.54) is 18.5 Å². The number of carbonyl (C=O) groups is 1. The van der Waals surface area contributed by atoms with Crippen LogP contribution in [0.5, 0.6) is 0 Å². The number of rotatable bonds is 5. The molecule has 0 saturated heterocycles. The smallest absolute Gasteiger partial charge is 0.396 e. The number of aliphatic imine (C=N–C) groups is 1. The number of ketones is 1. The molecule has 4 nitrogen and oxygen atoms in total. The molecule has 1 aromatic carbocycles. The van der Waals surface area contributed by atoms with E-state index in [4.69, 9.17) is 5.11 Å². The molecular weight excluding hydrogens is 333 g/mol. The van der Waals surface area contributed by atoms with Gasteiger partial charge in [-0.25, -0.2) is 0 Å². The van der Waals surface area contributed by atoms with Gasteiger partial charge in [0.1, 0.15) is 0 Å². The first-order chi connectivity index (χ1) is 11.9. The van der Waals surface area contributed by atoms with Crippen LogP contribution in [0.2, 0.25) is 0 Å². The number of benzene rings is 1. The number of halogens is 3. The minimum atomic E-state index is -4.46. The number of aliphatic hydroxyl groups is 1. The van der Waals surface area contributed by atoms with E-state index in [1.54, 1.807) is 6.21 Å². The zero-order valence-corrected chi connectivity index (χ0v) is 13.2. The number of aromatic nitrogens is 1. The van der Waals surface area contributed by atoms with Crippen molar-refractivity contribution in [2.24, 2.45) is 4.99 Å². The Morgan fingerprint density at radius 2 is 2.00 bits per heavy atom. The highest BCUT2D eigenvalue weighted by molar-refractivity contribution is 5.98. The summed E-state index contributed by atoms with van der Waals surface area (Å²) in [5, 5.41) is 8.82. The summed E-state index contributed by atoms with van der Waals surface area (Å²) >= 11 is 0. The molecule has 1 aliphatic heterocycles. The Morgan fingerprint density at radius 3 is 2.72 bits per heavy atom. The molecule has 0 fully saturated rings. The normalized spacial score (nSPS) is 13.1. The largest absolute Gasteiger partial charge is 0.416 e. The molecule has 1 aromatic heterocycles. The van der Waals surface area contributed by atoms with Crippen LogP contribution in [0.25, 0.3) is 11.1 Å². The molecule has 25 heavy (non-hydrogen) atoms. The summed E-state index contributed by atoms with van der Waals surface area (Å²) < 4.78 is 39.5. The van der Waals surface area contributed by atoms with E-state index in [0.717, 1.165) is 12.1 Å². The molecule has 7 heteroatoms. The number of fused-ring (bicyclic) bond motifs is 1. The van der Waals surface area contributed by atoms with Gasteiger partial charge in [0.15, 0.2) is 5.78 Å². The Hall–Kier alpha value is -2.54. The summed E-state index contributed by atoms with van der Waals surface area (Å²) in [5.41, 5.74) is 1.48. The highest BCUT2D eigenvalue weighted by Crippen LogP contribution is 2.37. The van der Waals surface area contributed by atoms with Crippen LogP contribution in [0, 0.1) is 0 Å². The fourth-order valence-corrected chi connectivity index (χ4v) is 2.76. The van der Waals surface area contributed by atoms with Crippen LogP contribution >= 0.6 is 0 Å². The van der Waals surface area contributed by atoms with E-state index < -0.39 is 11.7 Å². The van der Waals surface area contributed by atoms with Gasteiger partial charge in [0.05, 0.1) is 12.1 Å². The molecule has 0 unspecified atom stereocenters. The van der Waals surface area contributed by atoms with Crippen molar-refractivity contribution in [3.63, 3.8) is 0 Å². The van der Waals surface area contributed by atoms with E-state index in [9.17, 15) is 18.0 Å². The molecular formula is C18H15F3N2O2. The summed E-state index contributed by atoms with van der Waals surface area (Å²) in [7, 11) is 0. The highest BCUT2D eigenvalue weighted by Gasteiger charge is 2.32. The lowest BCUT2D eigenvalue weighted by molar-refractivity contribution is -0.137. The number of hydrogen-bond donors (Lipinski definition) is 1. The number of alkyl halides is 3. The predicted octanol–water partition coefficient (Wildman–Crippen LogP) is 3.66. The molecule has 3 rings (SSSR count). The summed E-state index contributed by atoms with van der Waals surface area (Å²) in [5.74, 6) is -0.208. The molecule has 0 radical (unpaired) electrons. The monoisotopic (exact) mass is 348 g/mol. The summed E-state index contributed by atoms with van der Waals surface area (Å²) in [4.78, 5) is 20.1. The number of pyridine rings is 1. The number of aliphatic hydroxyl groups excluding tert-OH is 1. The Morgan fingerprint density at radius 1 is 1.20 bits per heavy atom. The molecule has 2 heterocycles. The van der Waals surface area contributed by atoms with Crippen molar-refractivity contribution in [2.75, 3.05) is 6.61 Å². The maximum atomic E-state index is 13.2. The standard InChI is InChI=1S/C18H15F3N2O2/c19-18(20,21)14-5-12-8-23-10-16(12)15(6-14)11-4-13(9-22-7-11)17(25)2-1-3-24/h4-7,9-10,24H,1-3,8H2. The van der Waals surface area contributed by atoms with Gasteiger partial charge in [-0.15, -0.1) is 0 Å². The van der Waals surface area contributed by atoms with Crippen LogP contribution < -0.4 is 0 Å². The Bertz CT molecular complexity index is 845. The maximum Gasteiger partial charge on any atom is 0.416 e. The van der Waals surface area contributed by atoms with Gasteiger partial charge in [-0.1, -0.05) is 0 Å². The first-order valence-corrected chi connectivity index (χ1v) is 7.73. The van der Waals surface area contributed by atoms with Gasteiger partial charge in [-0.05, 0) is 35.7 Å². The van der Waals surface area contributed by atoms with E-state index >= 15 is 0 Å². The van der Waals surface area contributed by atoms with E-state index in [1.807, 2.05) is 0 Å². The van der Waals surface area contributed by atoms with Crippen LogP contribution in [-0.4, -0.2) is 28.7 Å². The molecule has 0 aliphatic carbocycles. The summed E-state index contributed by atoms with van der Waals surface area (Å²) in [6.07, 6.45) is 0.383. The minimum Gasteiger partial charge on any atom is -0.396 e. The van der Waals surface area contributed by atoms with Crippen LogP contribution in [0.4, 0.5) is 13.2 Å². The molecule has 1 N–H and O–H groups in total. The van der Waals surface area contributed by atoms with Crippen molar-refractivity contribution in [3.8, 4) is 11.1 Å². The van der Waals surface area contributed by atoms with Crippen molar-refractivity contribution >= 4 is 12.0 Å². The molecule has 0 saturated carbocycles. The second kappa shape index (κ2) is 6.76. The van der Waals surface area contributed by atoms with Crippen molar-refractivity contribution in [1.82, 2.24) is 4.98 Å². The minimum absolute atomic E-state index is 0.101. The Kier molecular flexibility index (Phi) is 4.67. The van der Waals surface area contributed by atoms with Gasteiger partial charge < -0.3 is 5.11 Å². The SMILES string of the molecule is O=C(CCCO)c1cncc(-c2cc(C(F)(F)F)cc3c2C=NC3)c1. The predicted molar refractivity (Wildman–Crippen MR) is 86.6 cm³/mol. The zero-order chi connectivity index (χ0) is 18.0. The third-order valence-electron chi connectivity index (χ3n) is 4.01. The van der Waals surface area contributed by atoms with Gasteiger partial charge in [0.25, 0.3) is 0 Å². The van der Waals surface area contributed by atoms with Gasteiger partial charge in [-0.2, -0.15) is 13.2 Å². The first-order valence-electron chi connectivity index (χ1n) is 7.73. The van der Waals surface area contributed by atoms with Gasteiger partial charge in [0.2, 0.25) is 0 Å². The third kappa shape index (κ3) is 3.61. The van der Waals surface area contributed by atoms with Crippen molar-refractivity contribution in [1.29, 1.82) is 0 Å². The lowest BCUT2D eigenvalue weighted by atomic mass is 9.94. The van der Waals surface area contributed by atoms with Gasteiger partial charge in [-0.3, -0.25) is 14.8 Å². The quantitative estimate of drug-likeness (QED) is 0.839. The molecule has 0 bridgehead atoms. The lowest BCUT2D eigenvalue weighted by Crippen LogP contribution is -2.07. The van der Waals surface area contributed by atoms with Crippen LogP contribution in [0.1, 0.15) is 39.9 Å². The first kappa shape index (κ1) is 17.3. The van der Waals surface area contributed by atoms with Crippen molar-refractivity contribution in [2.45, 2.75) is 25.6 Å². The topological polar surface area (TPSA) is 62.5 Å². The van der Waals surface area contributed by atoms with Crippen LogP contribution in [-0.2, 0) is 12.7 Å². The fourth-order valence-electron chi connectivity index (χ4n) is 2.76. The van der Waals surface area contributed by atoms with E-state index in [2.05, 4.69) is 9.98 Å². The van der Waals surface area contributed by atoms with Crippen LogP contribution in [0.15, 0.2) is 35.6 Å². The maximum absolute atomic E-state index is 13.2. The highest BCUT2D eigenvalue weighted by atomic mass is 19.4. The summed E-state index contributed by atoms with van der Waals surface area (Å²) in [6.45, 7) is 0.102. The Labute approximate surface area is 142 Å². The van der Waals surface area contributed by atoms with Gasteiger partial charge >= 0.3 is 6.18 Å². The Balaban J connectivity index is 2.06. The lowest BCUT2D eigenvalue weighted by Gasteiger charge is -2.13. The second-order valence-electron chi connectivity index (χ2n) is 5.78. The van der Waals surface area contributed by atoms with Gasteiger partial charge in [0, 0.05) is 48.3 Å². The van der Waals surface area contributed by atoms with Crippen LogP contribution in [0.3, 0.4) is 0 Å². The average Bonchev–Trinajstić information content (AvgIpc) is 3.06. The molecule has 0 atom stereocenters. The second-order valence-corrected chi connectivity index (χ2v) is 5.78. The van der Waals surface area contributed by atoms with Crippen molar-refractivity contribution in [3.05, 3.63) is 52.8 Å². The number of carbonyl (C=O) groups excluding carboxylic acids is 1. The third-order valence-corrected chi connectivity index (χ3v) is 4.01. The van der Waals surface area contributed by atoms with E-state index in [0.29, 0.717) is 34.2 Å². The van der Waals surface area contributed by atoms with E-state index in [-0.39, 0.29) is 25.4 Å². The molecule has 2 aromatic rings. The average molecular weight is 348 g/mol. The summed E-state index contributed by atoms with van der Waals surface area (Å²) in [6, 6.07) is 3.71. The fraction of sp³-hybridized carbons (Fsp3) is 0.278. The van der Waals surface area contributed by atoms with Crippen molar-refractivity contribution < 1.29 is 23.1 Å². The number of Topliss-reactive ketones (excluding diaryl/α,β-unsaturated/α-hetero) is 1.